The van der Waals surface area contributed by atoms with Crippen LogP contribution in [0.15, 0.2) is 12.1 Å². The summed E-state index contributed by atoms with van der Waals surface area (Å²) in [6.45, 7) is 8.77. The molecule has 1 atom stereocenters. The van der Waals surface area contributed by atoms with E-state index in [0.29, 0.717) is 18.8 Å². The van der Waals surface area contributed by atoms with Gasteiger partial charge in [0.15, 0.2) is 0 Å². The Morgan fingerprint density at radius 2 is 1.93 bits per heavy atom. The molecule has 1 fully saturated rings. The lowest BCUT2D eigenvalue weighted by molar-refractivity contribution is 0.0176. The number of ether oxygens (including phenoxy) is 2. The summed E-state index contributed by atoms with van der Waals surface area (Å²) in [7, 11) is 1.25. The van der Waals surface area contributed by atoms with Crippen molar-refractivity contribution in [3.8, 4) is 0 Å². The lowest BCUT2D eigenvalue weighted by atomic mass is 9.88. The first-order chi connectivity index (χ1) is 13.6. The summed E-state index contributed by atoms with van der Waals surface area (Å²) < 4.78 is 24.3. The van der Waals surface area contributed by atoms with Crippen molar-refractivity contribution in [3.05, 3.63) is 28.5 Å². The average Bonchev–Trinajstić information content (AvgIpc) is 2.67. The average molecular weight is 429 g/mol. The topological polar surface area (TPSA) is 67.9 Å². The highest BCUT2D eigenvalue weighted by Crippen LogP contribution is 2.31. The number of benzene rings is 1. The number of carbonyl (C=O) groups is 2. The van der Waals surface area contributed by atoms with Crippen molar-refractivity contribution in [2.75, 3.05) is 25.5 Å². The van der Waals surface area contributed by atoms with E-state index in [-0.39, 0.29) is 28.6 Å². The highest BCUT2D eigenvalue weighted by Gasteiger charge is 2.30. The molecule has 0 aromatic heterocycles. The molecule has 0 aliphatic carbocycles. The van der Waals surface area contributed by atoms with E-state index in [2.05, 4.69) is 10.1 Å². The molecule has 1 heterocycles. The lowest BCUT2D eigenvalue weighted by Gasteiger charge is -2.37. The Labute approximate surface area is 176 Å². The van der Waals surface area contributed by atoms with E-state index in [0.717, 1.165) is 25.3 Å². The Morgan fingerprint density at radius 3 is 2.45 bits per heavy atom. The van der Waals surface area contributed by atoms with Crippen LogP contribution < -0.4 is 5.32 Å². The number of likely N-dealkylation sites (tertiary alicyclic amines) is 1. The van der Waals surface area contributed by atoms with E-state index < -0.39 is 17.4 Å². The fourth-order valence-electron chi connectivity index (χ4n) is 3.49. The van der Waals surface area contributed by atoms with Crippen LogP contribution in [0.4, 0.5) is 14.9 Å². The van der Waals surface area contributed by atoms with E-state index >= 15 is 0 Å². The maximum absolute atomic E-state index is 14.2. The van der Waals surface area contributed by atoms with Crippen LogP contribution in [0.3, 0.4) is 0 Å². The molecule has 1 aromatic carbocycles. The third kappa shape index (κ3) is 6.23. The summed E-state index contributed by atoms with van der Waals surface area (Å²) >= 11 is 6.12. The van der Waals surface area contributed by atoms with Gasteiger partial charge in [-0.2, -0.15) is 0 Å². The standard InChI is InChI=1S/C21H30ClFN2O4/c1-6-16(13-7-9-25(10-8-13)20(27)29-21(2,3)4)24-17-12-14(19(26)28-5)11-15(23)18(17)22/h11-13,16,24H,6-10H2,1-5H3. The fraction of sp³-hybridized carbons (Fsp3) is 0.619. The number of halogens is 2. The number of nitrogens with zero attached hydrogens (tertiary/aromatic N) is 1. The summed E-state index contributed by atoms with van der Waals surface area (Å²) in [5.41, 5.74) is -0.0487. The van der Waals surface area contributed by atoms with Gasteiger partial charge in [0.25, 0.3) is 0 Å². The summed E-state index contributed by atoms with van der Waals surface area (Å²) in [5, 5.41) is 3.24. The maximum atomic E-state index is 14.2. The van der Waals surface area contributed by atoms with Crippen LogP contribution in [0.2, 0.25) is 5.02 Å². The zero-order valence-corrected chi connectivity index (χ0v) is 18.4. The Morgan fingerprint density at radius 1 is 1.31 bits per heavy atom. The number of esters is 1. The van der Waals surface area contributed by atoms with Crippen molar-refractivity contribution < 1.29 is 23.5 Å². The number of piperidine rings is 1. The van der Waals surface area contributed by atoms with Crippen LogP contribution in [0.25, 0.3) is 0 Å². The highest BCUT2D eigenvalue weighted by atomic mass is 35.5. The summed E-state index contributed by atoms with van der Waals surface area (Å²) in [6.07, 6.45) is 2.08. The number of rotatable bonds is 5. The molecule has 8 heteroatoms. The molecule has 0 spiro atoms. The minimum absolute atomic E-state index is 0.0283. The smallest absolute Gasteiger partial charge is 0.410 e. The monoisotopic (exact) mass is 428 g/mol. The fourth-order valence-corrected chi connectivity index (χ4v) is 3.66. The molecule has 29 heavy (non-hydrogen) atoms. The van der Waals surface area contributed by atoms with Crippen LogP contribution >= 0.6 is 11.6 Å². The molecule has 1 aromatic rings. The van der Waals surface area contributed by atoms with Crippen LogP contribution in [0.5, 0.6) is 0 Å². The van der Waals surface area contributed by atoms with Gasteiger partial charge in [0.1, 0.15) is 11.4 Å². The van der Waals surface area contributed by atoms with Gasteiger partial charge in [0.05, 0.1) is 23.4 Å². The van der Waals surface area contributed by atoms with E-state index in [4.69, 9.17) is 16.3 Å². The van der Waals surface area contributed by atoms with E-state index in [9.17, 15) is 14.0 Å². The Kier molecular flexibility index (Phi) is 7.74. The molecule has 1 aliphatic rings. The lowest BCUT2D eigenvalue weighted by Crippen LogP contribution is -2.44. The van der Waals surface area contributed by atoms with Crippen molar-refractivity contribution in [2.24, 2.45) is 5.92 Å². The number of methoxy groups -OCH3 is 1. The highest BCUT2D eigenvalue weighted by molar-refractivity contribution is 6.33. The summed E-state index contributed by atoms with van der Waals surface area (Å²) in [5.74, 6) is -1.02. The first kappa shape index (κ1) is 23.3. The third-order valence-electron chi connectivity index (χ3n) is 4.99. The van der Waals surface area contributed by atoms with Gasteiger partial charge in [-0.15, -0.1) is 0 Å². The van der Waals surface area contributed by atoms with Crippen molar-refractivity contribution >= 4 is 29.4 Å². The van der Waals surface area contributed by atoms with Crippen LogP contribution in [-0.4, -0.2) is 48.8 Å². The van der Waals surface area contributed by atoms with Crippen LogP contribution in [0, 0.1) is 11.7 Å². The van der Waals surface area contributed by atoms with Gasteiger partial charge in [-0.25, -0.2) is 14.0 Å². The summed E-state index contributed by atoms with van der Waals surface area (Å²) in [4.78, 5) is 25.7. The molecule has 6 nitrogen and oxygen atoms in total. The molecule has 1 aliphatic heterocycles. The normalized spacial score (nSPS) is 16.3. The number of carbonyl (C=O) groups excluding carboxylic acids is 2. The molecule has 2 rings (SSSR count). The molecular weight excluding hydrogens is 399 g/mol. The Bertz CT molecular complexity index is 743. The molecule has 1 unspecified atom stereocenters. The van der Waals surface area contributed by atoms with Gasteiger partial charge in [-0.05, 0) is 58.1 Å². The van der Waals surface area contributed by atoms with Crippen molar-refractivity contribution in [2.45, 2.75) is 58.6 Å². The molecule has 162 valence electrons. The minimum Gasteiger partial charge on any atom is -0.465 e. The van der Waals surface area contributed by atoms with Crippen molar-refractivity contribution in [1.82, 2.24) is 4.90 Å². The number of nitrogens with one attached hydrogen (secondary N) is 1. The minimum atomic E-state index is -0.674. The molecule has 0 bridgehead atoms. The van der Waals surface area contributed by atoms with Gasteiger partial charge in [-0.1, -0.05) is 18.5 Å². The first-order valence-electron chi connectivity index (χ1n) is 9.87. The zero-order chi connectivity index (χ0) is 21.8. The second-order valence-electron chi connectivity index (χ2n) is 8.28. The predicted molar refractivity (Wildman–Crippen MR) is 111 cm³/mol. The molecule has 0 radical (unpaired) electrons. The SMILES string of the molecule is CCC(Nc1cc(C(=O)OC)cc(F)c1Cl)C1CCN(C(=O)OC(C)(C)C)CC1. The molecule has 1 amide bonds. The quantitative estimate of drug-likeness (QED) is 0.660. The van der Waals surface area contributed by atoms with Crippen LogP contribution in [0.1, 0.15) is 57.3 Å². The molecule has 1 saturated heterocycles. The largest absolute Gasteiger partial charge is 0.465 e. The van der Waals surface area contributed by atoms with E-state index in [1.807, 2.05) is 27.7 Å². The molecule has 0 saturated carbocycles. The Hall–Kier alpha value is -2.02. The van der Waals surface area contributed by atoms with E-state index in [1.165, 1.54) is 13.2 Å². The second kappa shape index (κ2) is 9.65. The first-order valence-corrected chi connectivity index (χ1v) is 10.2. The maximum Gasteiger partial charge on any atom is 0.410 e. The third-order valence-corrected chi connectivity index (χ3v) is 5.37. The number of amides is 1. The van der Waals surface area contributed by atoms with Gasteiger partial charge in [0, 0.05) is 19.1 Å². The van der Waals surface area contributed by atoms with Gasteiger partial charge in [0.2, 0.25) is 0 Å². The summed E-state index contributed by atoms with van der Waals surface area (Å²) in [6, 6.07) is 2.61. The Balaban J connectivity index is 2.06. The van der Waals surface area contributed by atoms with Gasteiger partial charge in [-0.3, -0.25) is 0 Å². The van der Waals surface area contributed by atoms with Crippen molar-refractivity contribution in [3.63, 3.8) is 0 Å². The second-order valence-corrected chi connectivity index (χ2v) is 8.65. The number of hydrogen-bond donors (Lipinski definition) is 1. The van der Waals surface area contributed by atoms with Gasteiger partial charge < -0.3 is 19.7 Å². The van der Waals surface area contributed by atoms with Crippen molar-refractivity contribution in [1.29, 1.82) is 0 Å². The van der Waals surface area contributed by atoms with E-state index in [1.54, 1.807) is 4.90 Å². The predicted octanol–water partition coefficient (Wildman–Crippen LogP) is 5.10. The molecule has 1 N–H and O–H groups in total. The molecular formula is C21H30ClFN2O4. The zero-order valence-electron chi connectivity index (χ0n) is 17.7. The van der Waals surface area contributed by atoms with Crippen LogP contribution in [-0.2, 0) is 9.47 Å². The number of hydrogen-bond acceptors (Lipinski definition) is 5. The van der Waals surface area contributed by atoms with Gasteiger partial charge >= 0.3 is 12.1 Å². The number of anilines is 1.